The number of Topliss-reactive ketones (excluding diaryl/α,β-unsaturated/α-hetero) is 1. The number of carbonyl (C=O) groups excluding carboxylic acids is 2. The van der Waals surface area contributed by atoms with Crippen molar-refractivity contribution in [1.82, 2.24) is 15.6 Å². The number of rotatable bonds is 16. The van der Waals surface area contributed by atoms with Gasteiger partial charge < -0.3 is 20.5 Å². The first-order chi connectivity index (χ1) is 18.1. The smallest absolute Gasteiger partial charge is 0.220 e. The second kappa shape index (κ2) is 14.0. The van der Waals surface area contributed by atoms with E-state index in [2.05, 4.69) is 56.9 Å². The first kappa shape index (κ1) is 26.9. The number of fused-ring (bicyclic) bond motifs is 2. The quantitative estimate of drug-likeness (QED) is 0.236. The second-order valence-electron chi connectivity index (χ2n) is 10.2. The summed E-state index contributed by atoms with van der Waals surface area (Å²) in [6.07, 6.45) is 9.56. The van der Waals surface area contributed by atoms with Crippen molar-refractivity contribution in [1.29, 1.82) is 0 Å². The number of anilines is 1. The van der Waals surface area contributed by atoms with Crippen LogP contribution in [0.5, 0.6) is 0 Å². The average molecular weight is 503 g/mol. The van der Waals surface area contributed by atoms with Gasteiger partial charge in [-0.1, -0.05) is 56.2 Å². The maximum Gasteiger partial charge on any atom is 0.220 e. The Hall–Kier alpha value is -3.12. The molecule has 198 valence electrons. The average Bonchev–Trinajstić information content (AvgIpc) is 3.53. The molecular formula is C31H42N4O2. The van der Waals surface area contributed by atoms with Crippen LogP contribution in [-0.4, -0.2) is 48.9 Å². The Kier molecular flexibility index (Phi) is 10.2. The molecule has 37 heavy (non-hydrogen) atoms. The lowest BCUT2D eigenvalue weighted by Gasteiger charge is -2.22. The van der Waals surface area contributed by atoms with Gasteiger partial charge in [0.05, 0.1) is 0 Å². The van der Waals surface area contributed by atoms with Gasteiger partial charge in [0.2, 0.25) is 5.91 Å². The van der Waals surface area contributed by atoms with Crippen molar-refractivity contribution >= 4 is 28.3 Å². The normalized spacial score (nSPS) is 13.6. The highest BCUT2D eigenvalue weighted by Gasteiger charge is 2.18. The molecule has 0 bridgehead atoms. The van der Waals surface area contributed by atoms with E-state index in [1.807, 2.05) is 25.3 Å². The highest BCUT2D eigenvalue weighted by atomic mass is 16.1. The molecule has 1 unspecified atom stereocenters. The number of nitrogens with one attached hydrogen (secondary N) is 3. The predicted molar refractivity (Wildman–Crippen MR) is 152 cm³/mol. The molecule has 1 atom stereocenters. The van der Waals surface area contributed by atoms with E-state index in [1.165, 1.54) is 22.2 Å². The summed E-state index contributed by atoms with van der Waals surface area (Å²) in [6, 6.07) is 17.0. The number of H-pyrrole nitrogens is 1. The Labute approximate surface area is 221 Å². The van der Waals surface area contributed by atoms with E-state index >= 15 is 0 Å². The molecule has 1 aliphatic rings. The Bertz CT molecular complexity index is 1150. The number of ketones is 1. The van der Waals surface area contributed by atoms with Crippen LogP contribution in [0, 0.1) is 0 Å². The molecule has 2 heterocycles. The second-order valence-corrected chi connectivity index (χ2v) is 10.2. The topological polar surface area (TPSA) is 77.2 Å². The van der Waals surface area contributed by atoms with Gasteiger partial charge in [-0.05, 0) is 48.9 Å². The van der Waals surface area contributed by atoms with Crippen LogP contribution < -0.4 is 15.5 Å². The third-order valence-electron chi connectivity index (χ3n) is 7.50. The summed E-state index contributed by atoms with van der Waals surface area (Å²) in [5, 5.41) is 8.08. The molecule has 1 aromatic heterocycles. The number of benzene rings is 2. The summed E-state index contributed by atoms with van der Waals surface area (Å²) in [5.74, 6) is 0.444. The third-order valence-corrected chi connectivity index (χ3v) is 7.50. The standard InChI is InChI=1S/C31H42N4O2/c1-2-27(36)12-5-3-4-11-26(23-32-19-21-35-20-18-24-10-6-9-15-30(24)35)34-31(37)17-16-25-22-33-29-14-8-7-13-28(25)29/h6-10,13-15,22,26,32-33H,2-5,11-12,16-21,23H2,1H3,(H,34,37). The number of aromatic amines is 1. The molecule has 3 N–H and O–H groups in total. The summed E-state index contributed by atoms with van der Waals surface area (Å²) < 4.78 is 0. The van der Waals surface area contributed by atoms with E-state index in [4.69, 9.17) is 0 Å². The van der Waals surface area contributed by atoms with E-state index in [-0.39, 0.29) is 11.9 Å². The van der Waals surface area contributed by atoms with Crippen molar-refractivity contribution in [3.05, 3.63) is 65.9 Å². The van der Waals surface area contributed by atoms with Gasteiger partial charge in [-0.3, -0.25) is 9.59 Å². The van der Waals surface area contributed by atoms with E-state index in [1.54, 1.807) is 0 Å². The van der Waals surface area contributed by atoms with Gasteiger partial charge >= 0.3 is 0 Å². The fraction of sp³-hybridized carbons (Fsp3) is 0.484. The number of carbonyl (C=O) groups is 2. The van der Waals surface area contributed by atoms with Crippen LogP contribution in [0.25, 0.3) is 10.9 Å². The zero-order valence-electron chi connectivity index (χ0n) is 22.2. The van der Waals surface area contributed by atoms with Crippen molar-refractivity contribution in [2.75, 3.05) is 31.1 Å². The summed E-state index contributed by atoms with van der Waals surface area (Å²) in [4.78, 5) is 30.2. The van der Waals surface area contributed by atoms with Gasteiger partial charge in [-0.15, -0.1) is 0 Å². The molecule has 6 heteroatoms. The number of nitrogens with zero attached hydrogens (tertiary/aromatic N) is 1. The third kappa shape index (κ3) is 7.93. The minimum absolute atomic E-state index is 0.100. The molecule has 0 spiro atoms. The van der Waals surface area contributed by atoms with E-state index < -0.39 is 0 Å². The summed E-state index contributed by atoms with van der Waals surface area (Å²) >= 11 is 0. The minimum atomic E-state index is 0.100. The largest absolute Gasteiger partial charge is 0.370 e. The van der Waals surface area contributed by atoms with Crippen LogP contribution in [0.15, 0.2) is 54.7 Å². The highest BCUT2D eigenvalue weighted by Crippen LogP contribution is 2.26. The van der Waals surface area contributed by atoms with Gasteiger partial charge in [0, 0.05) is 74.3 Å². The summed E-state index contributed by atoms with van der Waals surface area (Å²) in [7, 11) is 0. The van der Waals surface area contributed by atoms with Crippen LogP contribution in [0.3, 0.4) is 0 Å². The molecule has 1 aliphatic heterocycles. The fourth-order valence-electron chi connectivity index (χ4n) is 5.31. The lowest BCUT2D eigenvalue weighted by atomic mass is 10.0. The number of aromatic nitrogens is 1. The zero-order valence-corrected chi connectivity index (χ0v) is 22.2. The first-order valence-corrected chi connectivity index (χ1v) is 14.0. The fourth-order valence-corrected chi connectivity index (χ4v) is 5.31. The van der Waals surface area contributed by atoms with Crippen LogP contribution in [0.1, 0.15) is 63.0 Å². The lowest BCUT2D eigenvalue weighted by molar-refractivity contribution is -0.121. The van der Waals surface area contributed by atoms with Gasteiger partial charge in [-0.25, -0.2) is 0 Å². The molecule has 0 aliphatic carbocycles. The number of para-hydroxylation sites is 2. The molecule has 1 amide bonds. The van der Waals surface area contributed by atoms with Gasteiger partial charge in [-0.2, -0.15) is 0 Å². The molecule has 4 rings (SSSR count). The van der Waals surface area contributed by atoms with Crippen LogP contribution >= 0.6 is 0 Å². The molecular weight excluding hydrogens is 460 g/mol. The molecule has 0 fully saturated rings. The van der Waals surface area contributed by atoms with Crippen LogP contribution in [0.2, 0.25) is 0 Å². The molecule has 2 aromatic carbocycles. The highest BCUT2D eigenvalue weighted by molar-refractivity contribution is 5.84. The lowest BCUT2D eigenvalue weighted by Crippen LogP contribution is -2.43. The Balaban J connectivity index is 1.23. The van der Waals surface area contributed by atoms with Crippen molar-refractivity contribution < 1.29 is 9.59 Å². The number of hydrogen-bond donors (Lipinski definition) is 3. The van der Waals surface area contributed by atoms with E-state index in [0.29, 0.717) is 25.0 Å². The number of amides is 1. The van der Waals surface area contributed by atoms with Crippen LogP contribution in [-0.2, 0) is 22.4 Å². The van der Waals surface area contributed by atoms with Crippen molar-refractivity contribution in [2.45, 2.75) is 70.8 Å². The van der Waals surface area contributed by atoms with Crippen LogP contribution in [0.4, 0.5) is 5.69 Å². The summed E-state index contributed by atoms with van der Waals surface area (Å²) in [6.45, 7) is 5.63. The van der Waals surface area contributed by atoms with E-state index in [9.17, 15) is 9.59 Å². The van der Waals surface area contributed by atoms with Gasteiger partial charge in [0.1, 0.15) is 5.78 Å². The molecule has 0 saturated carbocycles. The molecule has 0 saturated heterocycles. The Morgan fingerprint density at radius 2 is 1.86 bits per heavy atom. The maximum absolute atomic E-state index is 12.9. The zero-order chi connectivity index (χ0) is 25.9. The minimum Gasteiger partial charge on any atom is -0.370 e. The molecule has 0 radical (unpaired) electrons. The molecule has 6 nitrogen and oxygen atoms in total. The Morgan fingerprint density at radius 1 is 1.03 bits per heavy atom. The summed E-state index contributed by atoms with van der Waals surface area (Å²) in [5.41, 5.74) is 5.09. The monoisotopic (exact) mass is 502 g/mol. The number of hydrogen-bond acceptors (Lipinski definition) is 4. The maximum atomic E-state index is 12.9. The van der Waals surface area contributed by atoms with E-state index in [0.717, 1.165) is 70.2 Å². The van der Waals surface area contributed by atoms with Crippen molar-refractivity contribution in [3.8, 4) is 0 Å². The predicted octanol–water partition coefficient (Wildman–Crippen LogP) is 5.17. The van der Waals surface area contributed by atoms with Gasteiger partial charge in [0.25, 0.3) is 0 Å². The van der Waals surface area contributed by atoms with Crippen molar-refractivity contribution in [2.24, 2.45) is 0 Å². The number of aryl methyl sites for hydroxylation is 1. The Morgan fingerprint density at radius 3 is 2.76 bits per heavy atom. The molecule has 3 aromatic rings. The number of unbranched alkanes of at least 4 members (excludes halogenated alkanes) is 2. The SMILES string of the molecule is CCC(=O)CCCCCC(CNCCN1CCc2ccccc21)NC(=O)CCc1c[nH]c2ccccc12. The van der Waals surface area contributed by atoms with Gasteiger partial charge in [0.15, 0.2) is 0 Å². The first-order valence-electron chi connectivity index (χ1n) is 14.0. The van der Waals surface area contributed by atoms with Crippen molar-refractivity contribution in [3.63, 3.8) is 0 Å².